The standard InChI is InChI=1S/C14H19N3O2S/c1-10-16-11(9-20-10)5-6-14(19)17-7-3-2-4-12(17)8-13(15)18/h5-6,9,12H,2-4,7-8H2,1H3,(H2,15,18). The molecule has 1 aliphatic heterocycles. The fourth-order valence-corrected chi connectivity index (χ4v) is 3.02. The van der Waals surface area contributed by atoms with Gasteiger partial charge in [0.2, 0.25) is 11.8 Å². The Labute approximate surface area is 122 Å². The summed E-state index contributed by atoms with van der Waals surface area (Å²) < 4.78 is 0. The van der Waals surface area contributed by atoms with E-state index in [0.717, 1.165) is 30.0 Å². The molecule has 2 heterocycles. The molecule has 1 aromatic rings. The highest BCUT2D eigenvalue weighted by atomic mass is 32.1. The van der Waals surface area contributed by atoms with Crippen LogP contribution in [0.15, 0.2) is 11.5 Å². The first kappa shape index (κ1) is 14.7. The summed E-state index contributed by atoms with van der Waals surface area (Å²) in [6.07, 6.45) is 6.37. The molecule has 1 saturated heterocycles. The van der Waals surface area contributed by atoms with E-state index in [1.165, 1.54) is 6.08 Å². The molecule has 20 heavy (non-hydrogen) atoms. The van der Waals surface area contributed by atoms with Gasteiger partial charge in [-0.15, -0.1) is 11.3 Å². The van der Waals surface area contributed by atoms with Crippen molar-refractivity contribution >= 4 is 29.2 Å². The third-order valence-corrected chi connectivity index (χ3v) is 4.17. The molecule has 1 atom stereocenters. The Morgan fingerprint density at radius 2 is 2.35 bits per heavy atom. The number of primary amides is 1. The van der Waals surface area contributed by atoms with Crippen LogP contribution >= 0.6 is 11.3 Å². The zero-order valence-corrected chi connectivity index (χ0v) is 12.4. The number of hydrogen-bond donors (Lipinski definition) is 1. The molecule has 0 radical (unpaired) electrons. The van der Waals surface area contributed by atoms with Gasteiger partial charge in [0.1, 0.15) is 0 Å². The third kappa shape index (κ3) is 3.90. The molecule has 5 nitrogen and oxygen atoms in total. The van der Waals surface area contributed by atoms with Gasteiger partial charge in [-0.2, -0.15) is 0 Å². The van der Waals surface area contributed by atoms with E-state index in [1.807, 2.05) is 12.3 Å². The number of piperidine rings is 1. The molecule has 0 aromatic carbocycles. The lowest BCUT2D eigenvalue weighted by Crippen LogP contribution is -2.44. The van der Waals surface area contributed by atoms with Crippen LogP contribution in [0.5, 0.6) is 0 Å². The minimum Gasteiger partial charge on any atom is -0.370 e. The normalized spacial score (nSPS) is 19.4. The number of hydrogen-bond acceptors (Lipinski definition) is 4. The Morgan fingerprint density at radius 1 is 1.55 bits per heavy atom. The number of amides is 2. The van der Waals surface area contributed by atoms with Gasteiger partial charge in [-0.1, -0.05) is 0 Å². The van der Waals surface area contributed by atoms with Crippen molar-refractivity contribution in [2.75, 3.05) is 6.54 Å². The van der Waals surface area contributed by atoms with Gasteiger partial charge < -0.3 is 10.6 Å². The summed E-state index contributed by atoms with van der Waals surface area (Å²) in [6, 6.07) is -0.0597. The third-order valence-electron chi connectivity index (χ3n) is 3.38. The predicted molar refractivity (Wildman–Crippen MR) is 79.0 cm³/mol. The van der Waals surface area contributed by atoms with Crippen LogP contribution in [0, 0.1) is 6.92 Å². The van der Waals surface area contributed by atoms with Crippen molar-refractivity contribution in [1.29, 1.82) is 0 Å². The molecule has 0 saturated carbocycles. The van der Waals surface area contributed by atoms with Gasteiger partial charge in [0, 0.05) is 30.5 Å². The first-order chi connectivity index (χ1) is 9.56. The lowest BCUT2D eigenvalue weighted by atomic mass is 9.99. The second-order valence-electron chi connectivity index (χ2n) is 4.98. The molecule has 0 aliphatic carbocycles. The summed E-state index contributed by atoms with van der Waals surface area (Å²) >= 11 is 1.55. The monoisotopic (exact) mass is 293 g/mol. The second-order valence-corrected chi connectivity index (χ2v) is 6.04. The lowest BCUT2D eigenvalue weighted by Gasteiger charge is -2.34. The molecule has 1 aromatic heterocycles. The van der Waals surface area contributed by atoms with E-state index in [-0.39, 0.29) is 24.3 Å². The summed E-state index contributed by atoms with van der Waals surface area (Å²) in [5, 5.41) is 2.89. The summed E-state index contributed by atoms with van der Waals surface area (Å²) in [6.45, 7) is 2.62. The topological polar surface area (TPSA) is 76.3 Å². The zero-order valence-electron chi connectivity index (χ0n) is 11.5. The van der Waals surface area contributed by atoms with Crippen LogP contribution in [-0.2, 0) is 9.59 Å². The van der Waals surface area contributed by atoms with Crippen molar-refractivity contribution in [2.24, 2.45) is 5.73 Å². The molecule has 0 spiro atoms. The minimum atomic E-state index is -0.353. The van der Waals surface area contributed by atoms with Gasteiger partial charge in [-0.3, -0.25) is 9.59 Å². The molecule has 1 aliphatic rings. The molecular formula is C14H19N3O2S. The molecule has 108 valence electrons. The van der Waals surface area contributed by atoms with Gasteiger partial charge in [-0.05, 0) is 32.3 Å². The van der Waals surface area contributed by atoms with Gasteiger partial charge in [0.05, 0.1) is 10.7 Å². The number of thiazole rings is 1. The molecule has 2 amide bonds. The Kier molecular flexibility index (Phi) is 4.89. The number of carbonyl (C=O) groups is 2. The largest absolute Gasteiger partial charge is 0.370 e. The number of carbonyl (C=O) groups excluding carboxylic acids is 2. The van der Waals surface area contributed by atoms with E-state index in [1.54, 1.807) is 22.3 Å². The number of likely N-dealkylation sites (tertiary alicyclic amines) is 1. The summed E-state index contributed by atoms with van der Waals surface area (Å²) in [5.74, 6) is -0.421. The first-order valence-corrected chi connectivity index (χ1v) is 7.63. The quantitative estimate of drug-likeness (QED) is 0.859. The molecule has 6 heteroatoms. The molecular weight excluding hydrogens is 274 g/mol. The minimum absolute atomic E-state index is 0.0597. The number of rotatable bonds is 4. The van der Waals surface area contributed by atoms with Crippen LogP contribution in [-0.4, -0.2) is 34.3 Å². The van der Waals surface area contributed by atoms with E-state index in [4.69, 9.17) is 5.73 Å². The van der Waals surface area contributed by atoms with Crippen LogP contribution in [0.2, 0.25) is 0 Å². The number of aromatic nitrogens is 1. The van der Waals surface area contributed by atoms with Gasteiger partial charge in [-0.25, -0.2) is 4.98 Å². The van der Waals surface area contributed by atoms with Crippen LogP contribution in [0.4, 0.5) is 0 Å². The highest BCUT2D eigenvalue weighted by Gasteiger charge is 2.26. The van der Waals surface area contributed by atoms with Crippen LogP contribution in [0.25, 0.3) is 6.08 Å². The van der Waals surface area contributed by atoms with Crippen molar-refractivity contribution in [1.82, 2.24) is 9.88 Å². The van der Waals surface area contributed by atoms with E-state index in [2.05, 4.69) is 4.98 Å². The fraction of sp³-hybridized carbons (Fsp3) is 0.500. The smallest absolute Gasteiger partial charge is 0.246 e. The van der Waals surface area contributed by atoms with E-state index >= 15 is 0 Å². The van der Waals surface area contributed by atoms with E-state index in [9.17, 15) is 9.59 Å². The van der Waals surface area contributed by atoms with Crippen molar-refractivity contribution in [3.63, 3.8) is 0 Å². The van der Waals surface area contributed by atoms with Gasteiger partial charge in [0.15, 0.2) is 0 Å². The van der Waals surface area contributed by atoms with Crippen LogP contribution < -0.4 is 5.73 Å². The van der Waals surface area contributed by atoms with Crippen molar-refractivity contribution in [3.05, 3.63) is 22.2 Å². The zero-order chi connectivity index (χ0) is 14.5. The van der Waals surface area contributed by atoms with Crippen LogP contribution in [0.1, 0.15) is 36.4 Å². The van der Waals surface area contributed by atoms with Crippen molar-refractivity contribution < 1.29 is 9.59 Å². The van der Waals surface area contributed by atoms with Crippen LogP contribution in [0.3, 0.4) is 0 Å². The second kappa shape index (κ2) is 6.65. The Bertz CT molecular complexity index is 524. The van der Waals surface area contributed by atoms with Gasteiger partial charge in [0.25, 0.3) is 0 Å². The number of nitrogens with two attached hydrogens (primary N) is 1. The lowest BCUT2D eigenvalue weighted by molar-refractivity contribution is -0.130. The fourth-order valence-electron chi connectivity index (χ4n) is 2.44. The average Bonchev–Trinajstić information content (AvgIpc) is 2.82. The van der Waals surface area contributed by atoms with Crippen molar-refractivity contribution in [2.45, 2.75) is 38.6 Å². The Balaban J connectivity index is 2.02. The molecule has 1 fully saturated rings. The summed E-state index contributed by atoms with van der Waals surface area (Å²) in [4.78, 5) is 29.3. The summed E-state index contributed by atoms with van der Waals surface area (Å²) in [5.41, 5.74) is 6.05. The number of nitrogens with zero attached hydrogens (tertiary/aromatic N) is 2. The maximum atomic E-state index is 12.2. The van der Waals surface area contributed by atoms with Gasteiger partial charge >= 0.3 is 0 Å². The first-order valence-electron chi connectivity index (χ1n) is 6.75. The molecule has 1 unspecified atom stereocenters. The maximum Gasteiger partial charge on any atom is 0.246 e. The average molecular weight is 293 g/mol. The van der Waals surface area contributed by atoms with E-state index in [0.29, 0.717) is 6.54 Å². The number of aryl methyl sites for hydroxylation is 1. The SMILES string of the molecule is Cc1nc(C=CC(=O)N2CCCCC2CC(N)=O)cs1. The molecule has 2 N–H and O–H groups in total. The molecule has 2 rings (SSSR count). The maximum absolute atomic E-state index is 12.2. The molecule has 0 bridgehead atoms. The van der Waals surface area contributed by atoms with Crippen molar-refractivity contribution in [3.8, 4) is 0 Å². The summed E-state index contributed by atoms with van der Waals surface area (Å²) in [7, 11) is 0. The highest BCUT2D eigenvalue weighted by molar-refractivity contribution is 7.09. The van der Waals surface area contributed by atoms with E-state index < -0.39 is 0 Å². The predicted octanol–water partition coefficient (Wildman–Crippen LogP) is 1.72. The Morgan fingerprint density at radius 3 is 3.00 bits per heavy atom. The highest BCUT2D eigenvalue weighted by Crippen LogP contribution is 2.20. The Hall–Kier alpha value is -1.69.